The number of aromatic hydroxyl groups is 1. The molecule has 3 amide bonds. The number of phenolic OH excluding ortho intramolecular Hbond substituents is 1. The molecule has 10 N–H and O–H groups in total. The van der Waals surface area contributed by atoms with Crippen LogP contribution in [0.2, 0.25) is 0 Å². The number of benzene rings is 1. The molecule has 1 aromatic carbocycles. The van der Waals surface area contributed by atoms with Crippen LogP contribution in [0.3, 0.4) is 0 Å². The van der Waals surface area contributed by atoms with Crippen molar-refractivity contribution in [3.8, 4) is 5.75 Å². The van der Waals surface area contributed by atoms with Crippen molar-refractivity contribution >= 4 is 23.7 Å². The van der Waals surface area contributed by atoms with Gasteiger partial charge in [-0.1, -0.05) is 32.4 Å². The second kappa shape index (κ2) is 15.8. The van der Waals surface area contributed by atoms with Gasteiger partial charge in [-0.05, 0) is 56.3 Å². The minimum atomic E-state index is -1.48. The summed E-state index contributed by atoms with van der Waals surface area (Å²) in [5.41, 5.74) is 12.1. The number of carboxylic acids is 1. The summed E-state index contributed by atoms with van der Waals surface area (Å²) in [7, 11) is 0. The highest BCUT2D eigenvalue weighted by Gasteiger charge is 2.33. The van der Waals surface area contributed by atoms with E-state index in [4.69, 9.17) is 11.5 Å². The molecule has 12 heteroatoms. The Hall–Kier alpha value is -3.22. The highest BCUT2D eigenvalue weighted by atomic mass is 16.4. The van der Waals surface area contributed by atoms with Gasteiger partial charge in [0.15, 0.2) is 0 Å². The Kier molecular flexibility index (Phi) is 13.6. The zero-order valence-electron chi connectivity index (χ0n) is 21.6. The first-order valence-corrected chi connectivity index (χ1v) is 12.5. The molecule has 0 saturated heterocycles. The molecule has 0 aliphatic carbocycles. The highest BCUT2D eigenvalue weighted by Crippen LogP contribution is 2.12. The highest BCUT2D eigenvalue weighted by molar-refractivity contribution is 5.94. The Balaban J connectivity index is 2.98. The molecule has 0 aliphatic rings. The third-order valence-corrected chi connectivity index (χ3v) is 6.19. The second-order valence-corrected chi connectivity index (χ2v) is 9.25. The number of nitrogens with two attached hydrogens (primary N) is 2. The molecule has 0 saturated carbocycles. The summed E-state index contributed by atoms with van der Waals surface area (Å²) in [5, 5.41) is 36.6. The summed E-state index contributed by atoms with van der Waals surface area (Å²) in [6.45, 7) is 5.38. The lowest BCUT2D eigenvalue weighted by molar-refractivity contribution is -0.143. The molecule has 0 fully saturated rings. The summed E-state index contributed by atoms with van der Waals surface area (Å²) in [6.07, 6.45) is 0.566. The molecular formula is C25H41N5O7. The van der Waals surface area contributed by atoms with E-state index in [1.165, 1.54) is 31.2 Å². The van der Waals surface area contributed by atoms with Gasteiger partial charge in [-0.15, -0.1) is 0 Å². The van der Waals surface area contributed by atoms with Gasteiger partial charge in [0.05, 0.1) is 12.1 Å². The number of nitrogens with one attached hydrogen (secondary N) is 3. The minimum Gasteiger partial charge on any atom is -0.508 e. The molecule has 37 heavy (non-hydrogen) atoms. The molecule has 0 spiro atoms. The maximum atomic E-state index is 13.1. The van der Waals surface area contributed by atoms with Gasteiger partial charge >= 0.3 is 5.97 Å². The fourth-order valence-corrected chi connectivity index (χ4v) is 3.53. The quantitative estimate of drug-likeness (QED) is 0.129. The van der Waals surface area contributed by atoms with Gasteiger partial charge in [0.2, 0.25) is 17.7 Å². The number of aliphatic hydroxyl groups is 1. The predicted octanol–water partition coefficient (Wildman–Crippen LogP) is -0.643. The number of hydrogen-bond donors (Lipinski definition) is 8. The summed E-state index contributed by atoms with van der Waals surface area (Å²) >= 11 is 0. The maximum absolute atomic E-state index is 13.1. The number of aliphatic hydroxyl groups excluding tert-OH is 1. The molecule has 6 unspecified atom stereocenters. The molecule has 208 valence electrons. The van der Waals surface area contributed by atoms with Gasteiger partial charge in [0, 0.05) is 6.42 Å². The molecule has 12 nitrogen and oxygen atoms in total. The Bertz CT molecular complexity index is 894. The van der Waals surface area contributed by atoms with Crippen molar-refractivity contribution in [2.24, 2.45) is 17.4 Å². The van der Waals surface area contributed by atoms with Crippen molar-refractivity contribution in [3.63, 3.8) is 0 Å². The monoisotopic (exact) mass is 523 g/mol. The number of carbonyl (C=O) groups excluding carboxylic acids is 3. The van der Waals surface area contributed by atoms with Crippen LogP contribution in [-0.2, 0) is 25.6 Å². The maximum Gasteiger partial charge on any atom is 0.326 e. The van der Waals surface area contributed by atoms with Gasteiger partial charge in [0.25, 0.3) is 0 Å². The number of rotatable bonds is 16. The van der Waals surface area contributed by atoms with E-state index in [2.05, 4.69) is 16.0 Å². The van der Waals surface area contributed by atoms with Gasteiger partial charge in [-0.3, -0.25) is 14.4 Å². The van der Waals surface area contributed by atoms with E-state index >= 15 is 0 Å². The molecule has 1 rings (SSSR count). The third-order valence-electron chi connectivity index (χ3n) is 6.19. The number of carboxylic acid groups (broad SMARTS) is 1. The van der Waals surface area contributed by atoms with Crippen molar-refractivity contribution < 1.29 is 34.5 Å². The third kappa shape index (κ3) is 10.7. The first-order chi connectivity index (χ1) is 17.4. The first kappa shape index (κ1) is 31.8. The van der Waals surface area contributed by atoms with E-state index in [1.807, 2.05) is 13.8 Å². The van der Waals surface area contributed by atoms with E-state index in [0.717, 1.165) is 0 Å². The van der Waals surface area contributed by atoms with E-state index < -0.39 is 54.0 Å². The zero-order chi connectivity index (χ0) is 28.1. The second-order valence-electron chi connectivity index (χ2n) is 9.25. The van der Waals surface area contributed by atoms with Crippen molar-refractivity contribution in [1.82, 2.24) is 16.0 Å². The summed E-state index contributed by atoms with van der Waals surface area (Å²) < 4.78 is 0. The smallest absolute Gasteiger partial charge is 0.326 e. The van der Waals surface area contributed by atoms with Gasteiger partial charge < -0.3 is 42.7 Å². The first-order valence-electron chi connectivity index (χ1n) is 12.5. The number of carbonyl (C=O) groups is 4. The lowest BCUT2D eigenvalue weighted by Crippen LogP contribution is -2.60. The van der Waals surface area contributed by atoms with Gasteiger partial charge in [0.1, 0.15) is 23.9 Å². The Labute approximate surface area is 217 Å². The van der Waals surface area contributed by atoms with Crippen molar-refractivity contribution in [3.05, 3.63) is 29.8 Å². The molecule has 0 heterocycles. The predicted molar refractivity (Wildman–Crippen MR) is 137 cm³/mol. The van der Waals surface area contributed by atoms with Gasteiger partial charge in [-0.2, -0.15) is 0 Å². The Morgan fingerprint density at radius 3 is 2.03 bits per heavy atom. The van der Waals surface area contributed by atoms with Crippen LogP contribution in [0.15, 0.2) is 24.3 Å². The van der Waals surface area contributed by atoms with Crippen LogP contribution in [-0.4, -0.2) is 75.8 Å². The normalized spacial score (nSPS) is 15.9. The molecule has 0 aromatic heterocycles. The van der Waals surface area contributed by atoms with Crippen LogP contribution in [0.1, 0.15) is 52.0 Å². The van der Waals surface area contributed by atoms with Crippen molar-refractivity contribution in [2.75, 3.05) is 6.54 Å². The Morgan fingerprint density at radius 1 is 0.919 bits per heavy atom. The molecule has 0 aliphatic heterocycles. The van der Waals surface area contributed by atoms with Gasteiger partial charge in [-0.25, -0.2) is 4.79 Å². The average molecular weight is 524 g/mol. The summed E-state index contributed by atoms with van der Waals surface area (Å²) in [6, 6.07) is 1.11. The van der Waals surface area contributed by atoms with Crippen LogP contribution in [0.4, 0.5) is 0 Å². The summed E-state index contributed by atoms with van der Waals surface area (Å²) in [4.78, 5) is 50.3. The number of hydrogen-bond acceptors (Lipinski definition) is 8. The number of unbranched alkanes of at least 4 members (excludes halogenated alkanes) is 1. The van der Waals surface area contributed by atoms with Crippen LogP contribution in [0.25, 0.3) is 0 Å². The summed E-state index contributed by atoms with van der Waals surface area (Å²) in [5.74, 6) is -3.56. The molecule has 0 bridgehead atoms. The molecule has 1 aromatic rings. The van der Waals surface area contributed by atoms with Crippen LogP contribution in [0, 0.1) is 5.92 Å². The number of phenols is 1. The lowest BCUT2D eigenvalue weighted by Gasteiger charge is -2.27. The van der Waals surface area contributed by atoms with E-state index in [9.17, 15) is 34.5 Å². The Morgan fingerprint density at radius 2 is 1.51 bits per heavy atom. The standard InChI is InChI=1S/C25H41N5O7/c1-4-14(2)20(27)23(34)28-18(7-5-6-12-26)22(33)30-21(15(3)31)24(35)29-19(25(36)37)13-16-8-10-17(32)11-9-16/h8-11,14-15,18-21,31-32H,4-7,12-13,26-27H2,1-3H3,(H,28,34)(H,29,35)(H,30,33)(H,36,37). The lowest BCUT2D eigenvalue weighted by atomic mass is 9.98. The fraction of sp³-hybridized carbons (Fsp3) is 0.600. The molecule has 0 radical (unpaired) electrons. The SMILES string of the molecule is CCC(C)C(N)C(=O)NC(CCCCN)C(=O)NC(C(=O)NC(Cc1ccc(O)cc1)C(=O)O)C(C)O. The van der Waals surface area contributed by atoms with Crippen LogP contribution < -0.4 is 27.4 Å². The number of amides is 3. The van der Waals surface area contributed by atoms with Crippen molar-refractivity contribution in [1.29, 1.82) is 0 Å². The topological polar surface area (TPSA) is 217 Å². The number of aliphatic carboxylic acids is 1. The minimum absolute atomic E-state index is 0.00904. The van der Waals surface area contributed by atoms with Crippen LogP contribution in [0.5, 0.6) is 5.75 Å². The zero-order valence-corrected chi connectivity index (χ0v) is 21.6. The average Bonchev–Trinajstić information content (AvgIpc) is 2.85. The van der Waals surface area contributed by atoms with E-state index in [1.54, 1.807) is 0 Å². The molecule has 6 atom stereocenters. The fourth-order valence-electron chi connectivity index (χ4n) is 3.53. The van der Waals surface area contributed by atoms with Crippen molar-refractivity contribution in [2.45, 2.75) is 83.1 Å². The van der Waals surface area contributed by atoms with Crippen LogP contribution >= 0.6 is 0 Å². The largest absolute Gasteiger partial charge is 0.508 e. The molecular weight excluding hydrogens is 482 g/mol. The van der Waals surface area contributed by atoms with E-state index in [-0.39, 0.29) is 24.5 Å². The van der Waals surface area contributed by atoms with E-state index in [0.29, 0.717) is 31.4 Å².